The van der Waals surface area contributed by atoms with Gasteiger partial charge in [0.1, 0.15) is 5.75 Å². The molecule has 0 amide bonds. The van der Waals surface area contributed by atoms with E-state index in [4.69, 9.17) is 21.7 Å². The van der Waals surface area contributed by atoms with Gasteiger partial charge in [-0.3, -0.25) is 0 Å². The molecule has 0 heterocycles. The predicted molar refractivity (Wildman–Crippen MR) is 90.0 cm³/mol. The Hall–Kier alpha value is -1.33. The number of rotatable bonds is 7. The highest BCUT2D eigenvalue weighted by molar-refractivity contribution is 7.80. The fourth-order valence-corrected chi connectivity index (χ4v) is 2.68. The van der Waals surface area contributed by atoms with Crippen LogP contribution in [0.25, 0.3) is 0 Å². The van der Waals surface area contributed by atoms with E-state index in [-0.39, 0.29) is 0 Å². The molecule has 1 saturated carbocycles. The Morgan fingerprint density at radius 1 is 1.33 bits per heavy atom. The molecule has 0 saturated heterocycles. The van der Waals surface area contributed by atoms with Crippen molar-refractivity contribution in [1.82, 2.24) is 5.32 Å². The first kappa shape index (κ1) is 16.0. The molecule has 0 aliphatic heterocycles. The third-order valence-corrected chi connectivity index (χ3v) is 3.84. The van der Waals surface area contributed by atoms with Crippen molar-refractivity contribution in [1.29, 1.82) is 0 Å². The summed E-state index contributed by atoms with van der Waals surface area (Å²) in [4.78, 5) is 0. The number of thiocarbonyl (C=S) groups is 1. The minimum atomic E-state index is 0.492. The maximum Gasteiger partial charge on any atom is 0.170 e. The van der Waals surface area contributed by atoms with Gasteiger partial charge in [-0.15, -0.1) is 0 Å². The highest BCUT2D eigenvalue weighted by Gasteiger charge is 2.14. The molecule has 116 valence electrons. The molecular weight excluding hydrogens is 284 g/mol. The average Bonchev–Trinajstić information content (AvgIpc) is 3.00. The van der Waals surface area contributed by atoms with Crippen molar-refractivity contribution >= 4 is 23.0 Å². The van der Waals surface area contributed by atoms with Crippen LogP contribution >= 0.6 is 12.2 Å². The monoisotopic (exact) mass is 308 g/mol. The molecule has 0 aromatic heterocycles. The number of hydrogen-bond acceptors (Lipinski definition) is 3. The maximum absolute atomic E-state index is 5.81. The summed E-state index contributed by atoms with van der Waals surface area (Å²) in [6, 6.07) is 7.71. The Kier molecular flexibility index (Phi) is 6.76. The van der Waals surface area contributed by atoms with E-state index in [0.717, 1.165) is 31.0 Å². The molecule has 21 heavy (non-hydrogen) atoms. The van der Waals surface area contributed by atoms with Crippen molar-refractivity contribution in [3.63, 3.8) is 0 Å². The van der Waals surface area contributed by atoms with Crippen molar-refractivity contribution in [2.24, 2.45) is 0 Å². The molecule has 1 aliphatic carbocycles. The van der Waals surface area contributed by atoms with Crippen LogP contribution in [-0.4, -0.2) is 31.5 Å². The van der Waals surface area contributed by atoms with Gasteiger partial charge in [0.15, 0.2) is 5.11 Å². The summed E-state index contributed by atoms with van der Waals surface area (Å²) in [6.07, 6.45) is 6.55. The van der Waals surface area contributed by atoms with E-state index in [1.165, 1.54) is 25.7 Å². The van der Waals surface area contributed by atoms with Gasteiger partial charge in [0.05, 0.1) is 13.2 Å². The molecule has 0 radical (unpaired) electrons. The fourth-order valence-electron chi connectivity index (χ4n) is 2.46. The topological polar surface area (TPSA) is 42.5 Å². The van der Waals surface area contributed by atoms with Crippen LogP contribution in [0.2, 0.25) is 0 Å². The summed E-state index contributed by atoms with van der Waals surface area (Å²) >= 11 is 5.27. The van der Waals surface area contributed by atoms with E-state index in [1.807, 2.05) is 24.3 Å². The second kappa shape index (κ2) is 8.85. The lowest BCUT2D eigenvalue weighted by molar-refractivity contribution is 0.0574. The zero-order chi connectivity index (χ0) is 14.9. The van der Waals surface area contributed by atoms with Crippen molar-refractivity contribution in [2.45, 2.75) is 38.2 Å². The molecule has 1 aromatic carbocycles. The van der Waals surface area contributed by atoms with Gasteiger partial charge in [-0.1, -0.05) is 18.9 Å². The maximum atomic E-state index is 5.81. The summed E-state index contributed by atoms with van der Waals surface area (Å²) in [5.74, 6) is 0.813. The molecule has 1 aliphatic rings. The fraction of sp³-hybridized carbons (Fsp3) is 0.562. The smallest absolute Gasteiger partial charge is 0.170 e. The van der Waals surface area contributed by atoms with Crippen LogP contribution < -0.4 is 15.4 Å². The van der Waals surface area contributed by atoms with Gasteiger partial charge in [-0.25, -0.2) is 0 Å². The lowest BCUT2D eigenvalue weighted by atomic mass is 10.3. The minimum absolute atomic E-state index is 0.492. The van der Waals surface area contributed by atoms with Gasteiger partial charge in [-0.2, -0.15) is 0 Å². The van der Waals surface area contributed by atoms with Crippen molar-refractivity contribution in [3.8, 4) is 5.75 Å². The molecule has 1 aromatic rings. The quantitative estimate of drug-likeness (QED) is 0.597. The number of anilines is 1. The lowest BCUT2D eigenvalue weighted by Crippen LogP contribution is -2.30. The van der Waals surface area contributed by atoms with E-state index in [1.54, 1.807) is 7.11 Å². The predicted octanol–water partition coefficient (Wildman–Crippen LogP) is 3.33. The van der Waals surface area contributed by atoms with Gasteiger partial charge in [0.25, 0.3) is 0 Å². The number of hydrogen-bond donors (Lipinski definition) is 2. The van der Waals surface area contributed by atoms with Gasteiger partial charge in [0, 0.05) is 24.9 Å². The number of nitrogens with one attached hydrogen (secondary N) is 2. The Bertz CT molecular complexity index is 448. The minimum Gasteiger partial charge on any atom is -0.497 e. The summed E-state index contributed by atoms with van der Waals surface area (Å²) in [5.41, 5.74) is 0.925. The Labute approximate surface area is 132 Å². The van der Waals surface area contributed by atoms with Crippen LogP contribution in [0.5, 0.6) is 5.75 Å². The van der Waals surface area contributed by atoms with Gasteiger partial charge in [0.2, 0.25) is 0 Å². The highest BCUT2D eigenvalue weighted by Crippen LogP contribution is 2.20. The molecule has 2 N–H and O–H groups in total. The highest BCUT2D eigenvalue weighted by atomic mass is 32.1. The van der Waals surface area contributed by atoms with Gasteiger partial charge < -0.3 is 20.1 Å². The van der Waals surface area contributed by atoms with E-state index in [9.17, 15) is 0 Å². The third-order valence-electron chi connectivity index (χ3n) is 3.59. The van der Waals surface area contributed by atoms with Crippen LogP contribution in [0.1, 0.15) is 32.1 Å². The second-order valence-electron chi connectivity index (χ2n) is 5.24. The van der Waals surface area contributed by atoms with E-state index in [2.05, 4.69) is 10.6 Å². The zero-order valence-electron chi connectivity index (χ0n) is 12.6. The molecule has 1 fully saturated rings. The first-order valence-corrected chi connectivity index (χ1v) is 7.99. The van der Waals surface area contributed by atoms with E-state index in [0.29, 0.717) is 11.2 Å². The van der Waals surface area contributed by atoms with Crippen LogP contribution in [0.4, 0.5) is 5.69 Å². The van der Waals surface area contributed by atoms with Crippen LogP contribution in [0.15, 0.2) is 24.3 Å². The molecule has 0 bridgehead atoms. The standard InChI is InChI=1S/C16H24N2O2S/c1-19-15-9-4-6-13(12-15)18-16(21)17-10-5-11-20-14-7-2-3-8-14/h4,6,9,12,14H,2-3,5,7-8,10-11H2,1H3,(H2,17,18,21). The number of benzene rings is 1. The molecule has 5 heteroatoms. The zero-order valence-corrected chi connectivity index (χ0v) is 13.4. The summed E-state index contributed by atoms with van der Waals surface area (Å²) in [7, 11) is 1.65. The number of ether oxygens (including phenoxy) is 2. The molecule has 0 unspecified atom stereocenters. The lowest BCUT2D eigenvalue weighted by Gasteiger charge is -2.13. The van der Waals surface area contributed by atoms with Crippen LogP contribution in [-0.2, 0) is 4.74 Å². The third kappa shape index (κ3) is 5.89. The van der Waals surface area contributed by atoms with Crippen LogP contribution in [0.3, 0.4) is 0 Å². The largest absolute Gasteiger partial charge is 0.497 e. The second-order valence-corrected chi connectivity index (χ2v) is 5.65. The first-order valence-electron chi connectivity index (χ1n) is 7.58. The van der Waals surface area contributed by atoms with Crippen molar-refractivity contribution in [3.05, 3.63) is 24.3 Å². The summed E-state index contributed by atoms with van der Waals surface area (Å²) in [6.45, 7) is 1.63. The first-order chi connectivity index (χ1) is 10.3. The SMILES string of the molecule is COc1cccc(NC(=S)NCCCOC2CCCC2)c1. The molecular formula is C16H24N2O2S. The summed E-state index contributed by atoms with van der Waals surface area (Å²) < 4.78 is 11.0. The average molecular weight is 308 g/mol. The van der Waals surface area contributed by atoms with E-state index >= 15 is 0 Å². The molecule has 0 atom stereocenters. The Morgan fingerprint density at radius 3 is 2.90 bits per heavy atom. The van der Waals surface area contributed by atoms with E-state index < -0.39 is 0 Å². The Morgan fingerprint density at radius 2 is 2.14 bits per heavy atom. The molecule has 0 spiro atoms. The molecule has 4 nitrogen and oxygen atoms in total. The van der Waals surface area contributed by atoms with Gasteiger partial charge >= 0.3 is 0 Å². The van der Waals surface area contributed by atoms with Crippen molar-refractivity contribution in [2.75, 3.05) is 25.6 Å². The van der Waals surface area contributed by atoms with Crippen LogP contribution in [0, 0.1) is 0 Å². The van der Waals surface area contributed by atoms with Gasteiger partial charge in [-0.05, 0) is 43.6 Å². The Balaban J connectivity index is 1.58. The number of methoxy groups -OCH3 is 1. The molecule has 2 rings (SSSR count). The summed E-state index contributed by atoms with van der Waals surface area (Å²) in [5, 5.41) is 6.97. The van der Waals surface area contributed by atoms with Crippen molar-refractivity contribution < 1.29 is 9.47 Å². The normalized spacial score (nSPS) is 14.9.